The first kappa shape index (κ1) is 44.4. The lowest BCUT2D eigenvalue weighted by Crippen LogP contribution is -2.15. The first-order chi connectivity index (χ1) is 28.0. The minimum Gasteiger partial charge on any atom is -0.506 e. The lowest BCUT2D eigenvalue weighted by atomic mass is 9.87. The molecule has 10 heteroatoms. The molecule has 0 fully saturated rings. The fourth-order valence-corrected chi connectivity index (χ4v) is 11.2. The average molecular weight is 883 g/mol. The predicted molar refractivity (Wildman–Crippen MR) is 249 cm³/mol. The zero-order valence-corrected chi connectivity index (χ0v) is 40.2. The van der Waals surface area contributed by atoms with E-state index in [9.17, 15) is 10.2 Å². The van der Waals surface area contributed by atoms with E-state index in [1.807, 2.05) is 24.3 Å². The summed E-state index contributed by atoms with van der Waals surface area (Å²) in [6.45, 7) is 27.5. The molecule has 0 radical (unpaired) electrons. The van der Waals surface area contributed by atoms with E-state index in [4.69, 9.17) is 18.9 Å². The highest BCUT2D eigenvalue weighted by atomic mass is 32.2. The average Bonchev–Trinajstić information content (AvgIpc) is 3.14. The number of hydrogen-bond donors (Lipinski definition) is 2. The van der Waals surface area contributed by atoms with Gasteiger partial charge in [0.25, 0.3) is 0 Å². The number of benzene rings is 5. The minimum atomic E-state index is -0.221. The van der Waals surface area contributed by atoms with E-state index in [1.165, 1.54) is 47.0 Å². The van der Waals surface area contributed by atoms with E-state index in [2.05, 4.69) is 132 Å². The summed E-state index contributed by atoms with van der Waals surface area (Å²) in [6, 6.07) is 24.9. The van der Waals surface area contributed by atoms with Crippen LogP contribution in [0.4, 0.5) is 0 Å². The Bertz CT molecular complexity index is 2150. The number of phenols is 2. The van der Waals surface area contributed by atoms with Crippen LogP contribution in [0.2, 0.25) is 0 Å². The van der Waals surface area contributed by atoms with Crippen molar-refractivity contribution in [2.75, 3.05) is 26.4 Å². The van der Waals surface area contributed by atoms with Crippen molar-refractivity contribution in [1.29, 1.82) is 0 Å². The van der Waals surface area contributed by atoms with Crippen LogP contribution in [-0.2, 0) is 21.7 Å². The highest BCUT2D eigenvalue weighted by Gasteiger charge is 2.30. The van der Waals surface area contributed by atoms with Crippen LogP contribution in [0.25, 0.3) is 0 Å². The molecule has 12 bridgehead atoms. The van der Waals surface area contributed by atoms with Crippen LogP contribution in [0.15, 0.2) is 112 Å². The maximum Gasteiger partial charge on any atom is 0.147 e. The van der Waals surface area contributed by atoms with E-state index in [-0.39, 0.29) is 59.6 Å². The van der Waals surface area contributed by atoms with Gasteiger partial charge in [-0.25, -0.2) is 0 Å². The molecule has 3 heterocycles. The molecule has 60 heavy (non-hydrogen) atoms. The second kappa shape index (κ2) is 16.9. The molecule has 0 spiro atoms. The Morgan fingerprint density at radius 1 is 0.367 bits per heavy atom. The van der Waals surface area contributed by atoms with Gasteiger partial charge in [0.1, 0.15) is 60.9 Å². The Labute approximate surface area is 373 Å². The number of fused-ring (bicyclic) bond motifs is 6. The van der Waals surface area contributed by atoms with Crippen LogP contribution < -0.4 is 18.9 Å². The van der Waals surface area contributed by atoms with Gasteiger partial charge in [0.05, 0.1) is 39.2 Å². The van der Waals surface area contributed by atoms with Gasteiger partial charge in [0, 0.05) is 6.07 Å². The first-order valence-corrected chi connectivity index (χ1v) is 23.8. The van der Waals surface area contributed by atoms with Crippen LogP contribution in [0.1, 0.15) is 105 Å². The van der Waals surface area contributed by atoms with Crippen LogP contribution in [0.5, 0.6) is 34.5 Å². The third kappa shape index (κ3) is 9.98. The SMILES string of the molecule is CC(C)(C)c1cc2c(O)c(c1)Sc1cc(C(C)(C)C)cc3c1OCCOc1cccc(c1)OCCOc1c(cc(C(C)(C)C)cc1Sc1cc(C(C)(C)C)cc(c1O)S3)S2. The van der Waals surface area contributed by atoms with Crippen molar-refractivity contribution in [3.63, 3.8) is 0 Å². The first-order valence-electron chi connectivity index (χ1n) is 20.5. The number of rotatable bonds is 0. The van der Waals surface area contributed by atoms with E-state index in [1.54, 1.807) is 0 Å². The number of phenolic OH excluding ortho intramolecular Hbond substituents is 2. The molecule has 8 rings (SSSR count). The second-order valence-electron chi connectivity index (χ2n) is 19.5. The summed E-state index contributed by atoms with van der Waals surface area (Å²) >= 11 is 6.03. The van der Waals surface area contributed by atoms with Crippen LogP contribution >= 0.6 is 47.0 Å². The molecule has 0 atom stereocenters. The van der Waals surface area contributed by atoms with Gasteiger partial charge < -0.3 is 29.2 Å². The molecule has 0 unspecified atom stereocenters. The number of ether oxygens (including phenoxy) is 4. The van der Waals surface area contributed by atoms with E-state index >= 15 is 0 Å². The molecule has 0 amide bonds. The monoisotopic (exact) mass is 882 g/mol. The molecule has 6 nitrogen and oxygen atoms in total. The quantitative estimate of drug-likeness (QED) is 0.154. The zero-order chi connectivity index (χ0) is 43.4. The predicted octanol–water partition coefficient (Wildman–Crippen LogP) is 14.4. The van der Waals surface area contributed by atoms with Crippen molar-refractivity contribution < 1.29 is 29.2 Å². The molecule has 0 aliphatic carbocycles. The lowest BCUT2D eigenvalue weighted by Gasteiger charge is -2.27. The second-order valence-corrected chi connectivity index (χ2v) is 23.9. The maximum atomic E-state index is 12.4. The summed E-state index contributed by atoms with van der Waals surface area (Å²) < 4.78 is 26.1. The fraction of sp³-hybridized carbons (Fsp3) is 0.400. The zero-order valence-electron chi connectivity index (χ0n) is 36.9. The number of aromatic hydroxyl groups is 2. The van der Waals surface area contributed by atoms with Crippen LogP contribution in [0.3, 0.4) is 0 Å². The van der Waals surface area contributed by atoms with E-state index < -0.39 is 0 Å². The van der Waals surface area contributed by atoms with Gasteiger partial charge >= 0.3 is 0 Å². The molecule has 3 aliphatic rings. The minimum absolute atomic E-state index is 0.199. The Kier molecular flexibility index (Phi) is 12.5. The van der Waals surface area contributed by atoms with Crippen molar-refractivity contribution in [3.05, 3.63) is 95.1 Å². The van der Waals surface area contributed by atoms with Gasteiger partial charge in [-0.3, -0.25) is 0 Å². The molecule has 0 aromatic heterocycles. The smallest absolute Gasteiger partial charge is 0.147 e. The highest BCUT2D eigenvalue weighted by Crippen LogP contribution is 2.56. The van der Waals surface area contributed by atoms with Gasteiger partial charge in [-0.05, 0) is 105 Å². The van der Waals surface area contributed by atoms with Crippen molar-refractivity contribution in [3.8, 4) is 34.5 Å². The lowest BCUT2D eigenvalue weighted by molar-refractivity contribution is 0.203. The van der Waals surface area contributed by atoms with E-state index in [0.717, 1.165) is 61.4 Å². The van der Waals surface area contributed by atoms with Crippen molar-refractivity contribution in [1.82, 2.24) is 0 Å². The summed E-state index contributed by atoms with van der Waals surface area (Å²) in [5, 5.41) is 24.9. The summed E-state index contributed by atoms with van der Waals surface area (Å²) in [5.41, 5.74) is 3.53. The van der Waals surface area contributed by atoms with Crippen LogP contribution in [0, 0.1) is 0 Å². The van der Waals surface area contributed by atoms with Gasteiger partial charge in [-0.2, -0.15) is 0 Å². The highest BCUT2D eigenvalue weighted by molar-refractivity contribution is 8.01. The molecular weight excluding hydrogens is 825 g/mol. The molecule has 3 aliphatic heterocycles. The third-order valence-electron chi connectivity index (χ3n) is 10.5. The molecule has 0 saturated heterocycles. The summed E-state index contributed by atoms with van der Waals surface area (Å²) in [4.78, 5) is 6.35. The van der Waals surface area contributed by atoms with E-state index in [0.29, 0.717) is 23.0 Å². The Morgan fingerprint density at radius 3 is 0.883 bits per heavy atom. The maximum absolute atomic E-state index is 12.4. The summed E-state index contributed by atoms with van der Waals surface area (Å²) in [7, 11) is 0. The van der Waals surface area contributed by atoms with Gasteiger partial charge in [-0.1, -0.05) is 136 Å². The van der Waals surface area contributed by atoms with Gasteiger partial charge in [0.2, 0.25) is 0 Å². The van der Waals surface area contributed by atoms with Gasteiger partial charge in [-0.15, -0.1) is 0 Å². The summed E-state index contributed by atoms with van der Waals surface area (Å²) in [5.74, 6) is 3.09. The standard InChI is InChI=1S/C50H58O6S4/c1-47(2,3)29-20-35-43(51)36(21-29)58-40-25-32(50(10,11)12)27-42-46(40)56-19-17-54-34-15-13-14-33(28-34)53-16-18-55-45-39(57-35)24-31(49(7,8)9)26-41(45)59-37-22-30(48(4,5)6)23-38(60-42)44(37)52/h13-15,20-28,51-52H,16-19H2,1-12H3. The Hall–Kier alpha value is -3.70. The summed E-state index contributed by atoms with van der Waals surface area (Å²) in [6.07, 6.45) is 0. The molecule has 5 aromatic carbocycles. The normalized spacial score (nSPS) is 15.1. The van der Waals surface area contributed by atoms with Crippen molar-refractivity contribution >= 4 is 47.0 Å². The van der Waals surface area contributed by atoms with Crippen LogP contribution in [-0.4, -0.2) is 36.6 Å². The van der Waals surface area contributed by atoms with Crippen molar-refractivity contribution in [2.45, 2.75) is 144 Å². The molecule has 5 aromatic rings. The molecule has 2 N–H and O–H groups in total. The molecule has 318 valence electrons. The van der Waals surface area contributed by atoms with Gasteiger partial charge in [0.15, 0.2) is 0 Å². The van der Waals surface area contributed by atoms with Crippen molar-refractivity contribution in [2.24, 2.45) is 0 Å². The largest absolute Gasteiger partial charge is 0.506 e. The fourth-order valence-electron chi connectivity index (χ4n) is 6.68. The Morgan fingerprint density at radius 2 is 0.617 bits per heavy atom. The molecule has 0 saturated carbocycles. The number of hydrogen-bond acceptors (Lipinski definition) is 10. The topological polar surface area (TPSA) is 77.4 Å². The third-order valence-corrected chi connectivity index (χ3v) is 14.7. The Balaban J connectivity index is 1.58. The molecular formula is C50H58O6S4.